The monoisotopic (exact) mass is 410 g/mol. The highest BCUT2D eigenvalue weighted by Crippen LogP contribution is 2.44. The lowest BCUT2D eigenvalue weighted by Gasteiger charge is -2.56. The lowest BCUT2D eigenvalue weighted by Crippen LogP contribution is -2.65. The minimum Gasteiger partial charge on any atom is -0.336 e. The Balaban J connectivity index is 1.65. The van der Waals surface area contributed by atoms with E-state index >= 15 is 0 Å². The lowest BCUT2D eigenvalue weighted by atomic mass is 9.71. The Bertz CT molecular complexity index is 828. The molecule has 4 atom stereocenters. The van der Waals surface area contributed by atoms with Gasteiger partial charge in [-0.05, 0) is 55.7 Å². The van der Waals surface area contributed by atoms with E-state index in [1.165, 1.54) is 6.07 Å². The summed E-state index contributed by atoms with van der Waals surface area (Å²) in [5.41, 5.74) is 0. The minimum atomic E-state index is -3.57. The predicted octanol–water partition coefficient (Wildman–Crippen LogP) is 3.53. The van der Waals surface area contributed by atoms with Gasteiger partial charge in [0, 0.05) is 36.6 Å². The van der Waals surface area contributed by atoms with Crippen molar-refractivity contribution >= 4 is 27.5 Å². The Morgan fingerprint density at radius 2 is 2.00 bits per heavy atom. The summed E-state index contributed by atoms with van der Waals surface area (Å²) in [6.07, 6.45) is 5.53. The van der Waals surface area contributed by atoms with Crippen molar-refractivity contribution in [2.75, 3.05) is 13.1 Å². The molecule has 3 aliphatic rings. The fraction of sp³-hybridized carbons (Fsp3) is 0.650. The summed E-state index contributed by atoms with van der Waals surface area (Å²) < 4.78 is 28.1. The van der Waals surface area contributed by atoms with Crippen LogP contribution in [-0.4, -0.2) is 48.7 Å². The molecule has 3 fully saturated rings. The first-order valence-electron chi connectivity index (χ1n) is 9.98. The third-order valence-corrected chi connectivity index (χ3v) is 8.54. The van der Waals surface area contributed by atoms with Crippen LogP contribution in [0.4, 0.5) is 0 Å². The van der Waals surface area contributed by atoms with E-state index in [1.54, 1.807) is 22.5 Å². The largest absolute Gasteiger partial charge is 0.336 e. The smallest absolute Gasteiger partial charge is 0.243 e. The molecule has 3 aliphatic heterocycles. The number of hydrogen-bond acceptors (Lipinski definition) is 3. The Labute approximate surface area is 166 Å². The summed E-state index contributed by atoms with van der Waals surface area (Å²) in [5, 5.41) is 0.432. The number of sulfonamides is 1. The number of rotatable bonds is 4. The van der Waals surface area contributed by atoms with Crippen LogP contribution in [0.25, 0.3) is 0 Å². The van der Waals surface area contributed by atoms with Gasteiger partial charge in [0.15, 0.2) is 0 Å². The van der Waals surface area contributed by atoms with Crippen LogP contribution in [-0.2, 0) is 14.8 Å². The van der Waals surface area contributed by atoms with E-state index in [-0.39, 0.29) is 34.7 Å². The molecule has 2 bridgehead atoms. The summed E-state index contributed by atoms with van der Waals surface area (Å²) in [6, 6.07) is 6.88. The third kappa shape index (κ3) is 3.40. The van der Waals surface area contributed by atoms with E-state index in [0.717, 1.165) is 32.1 Å². The van der Waals surface area contributed by atoms with Gasteiger partial charge in [-0.3, -0.25) is 4.79 Å². The van der Waals surface area contributed by atoms with Gasteiger partial charge in [-0.1, -0.05) is 31.0 Å². The molecular weight excluding hydrogens is 384 g/mol. The number of fused-ring (bicyclic) bond motifs is 4. The zero-order valence-corrected chi connectivity index (χ0v) is 17.3. The highest BCUT2D eigenvalue weighted by Gasteiger charge is 2.50. The van der Waals surface area contributed by atoms with Crippen molar-refractivity contribution in [2.45, 2.75) is 62.4 Å². The molecule has 0 aliphatic carbocycles. The van der Waals surface area contributed by atoms with Crippen LogP contribution in [0.3, 0.4) is 0 Å². The normalized spacial score (nSPS) is 31.6. The van der Waals surface area contributed by atoms with Crippen molar-refractivity contribution in [1.29, 1.82) is 0 Å². The summed E-state index contributed by atoms with van der Waals surface area (Å²) in [4.78, 5) is 15.1. The number of benzene rings is 1. The first kappa shape index (κ1) is 19.2. The second-order valence-corrected chi connectivity index (χ2v) is 10.5. The molecule has 0 spiro atoms. The molecule has 27 heavy (non-hydrogen) atoms. The lowest BCUT2D eigenvalue weighted by molar-refractivity contribution is -0.151. The number of carbonyl (C=O) groups excluding carboxylic acids is 1. The van der Waals surface area contributed by atoms with Crippen molar-refractivity contribution in [3.05, 3.63) is 29.3 Å². The van der Waals surface area contributed by atoms with Crippen molar-refractivity contribution in [2.24, 2.45) is 11.8 Å². The molecule has 1 amide bonds. The molecular formula is C20H27ClN2O3S. The first-order valence-corrected chi connectivity index (χ1v) is 11.8. The number of carbonyl (C=O) groups is 1. The maximum Gasteiger partial charge on any atom is 0.243 e. The summed E-state index contributed by atoms with van der Waals surface area (Å²) in [5.74, 6) is 0.719. The third-order valence-electron chi connectivity index (χ3n) is 6.48. The van der Waals surface area contributed by atoms with E-state index in [4.69, 9.17) is 11.6 Å². The molecule has 148 valence electrons. The van der Waals surface area contributed by atoms with Crippen LogP contribution < -0.4 is 0 Å². The SMILES string of the molecule is CCC[C@H]1[C@H]2C[C@H](CN(S(=O)(=O)c3cccc(Cl)c3)C2)[C@@H]2CCCC(=O)N21. The number of hydrogen-bond donors (Lipinski definition) is 0. The Morgan fingerprint density at radius 1 is 1.22 bits per heavy atom. The molecule has 3 heterocycles. The van der Waals surface area contributed by atoms with Crippen LogP contribution in [0, 0.1) is 11.8 Å². The van der Waals surface area contributed by atoms with Gasteiger partial charge in [-0.25, -0.2) is 8.42 Å². The van der Waals surface area contributed by atoms with Gasteiger partial charge in [0.05, 0.1) is 4.90 Å². The van der Waals surface area contributed by atoms with Gasteiger partial charge in [0.2, 0.25) is 15.9 Å². The summed E-state index contributed by atoms with van der Waals surface area (Å²) in [6.45, 7) is 3.13. The van der Waals surface area contributed by atoms with Crippen molar-refractivity contribution < 1.29 is 13.2 Å². The summed E-state index contributed by atoms with van der Waals surface area (Å²) >= 11 is 6.03. The highest BCUT2D eigenvalue weighted by atomic mass is 35.5. The van der Waals surface area contributed by atoms with E-state index in [9.17, 15) is 13.2 Å². The maximum atomic E-state index is 13.2. The standard InChI is InChI=1S/C20H27ClN2O3S/c1-2-5-18-14-10-15(19-8-4-9-20(24)23(18)19)13-22(12-14)27(25,26)17-7-3-6-16(21)11-17/h3,6-7,11,14-15,18-19H,2,4-5,8-10,12-13H2,1H3/t14-,15+,18-,19-/m0/s1. The molecule has 0 radical (unpaired) electrons. The van der Waals surface area contributed by atoms with Crippen molar-refractivity contribution in [3.63, 3.8) is 0 Å². The molecule has 1 aromatic carbocycles. The average Bonchev–Trinajstić information content (AvgIpc) is 2.65. The zero-order chi connectivity index (χ0) is 19.2. The Hall–Kier alpha value is -1.11. The van der Waals surface area contributed by atoms with Crippen LogP contribution in [0.5, 0.6) is 0 Å². The second-order valence-electron chi connectivity index (χ2n) is 8.15. The molecule has 5 nitrogen and oxygen atoms in total. The predicted molar refractivity (Wildman–Crippen MR) is 105 cm³/mol. The van der Waals surface area contributed by atoms with E-state index < -0.39 is 10.0 Å². The van der Waals surface area contributed by atoms with Crippen LogP contribution in [0.2, 0.25) is 5.02 Å². The Morgan fingerprint density at radius 3 is 2.74 bits per heavy atom. The van der Waals surface area contributed by atoms with E-state index in [0.29, 0.717) is 24.5 Å². The van der Waals surface area contributed by atoms with E-state index in [1.807, 2.05) is 0 Å². The molecule has 0 N–H and O–H groups in total. The van der Waals surface area contributed by atoms with Gasteiger partial charge >= 0.3 is 0 Å². The first-order chi connectivity index (χ1) is 12.9. The van der Waals surface area contributed by atoms with Crippen LogP contribution in [0.1, 0.15) is 45.4 Å². The number of amides is 1. The van der Waals surface area contributed by atoms with Crippen molar-refractivity contribution in [3.8, 4) is 0 Å². The molecule has 0 aromatic heterocycles. The molecule has 3 saturated heterocycles. The van der Waals surface area contributed by atoms with Crippen LogP contribution in [0.15, 0.2) is 29.2 Å². The highest BCUT2D eigenvalue weighted by molar-refractivity contribution is 7.89. The second kappa shape index (κ2) is 7.37. The van der Waals surface area contributed by atoms with Crippen molar-refractivity contribution in [1.82, 2.24) is 9.21 Å². The number of piperidine rings is 3. The Kier molecular flexibility index (Phi) is 5.25. The number of halogens is 1. The fourth-order valence-corrected chi connectivity index (χ4v) is 7.23. The molecule has 1 aromatic rings. The van der Waals surface area contributed by atoms with Gasteiger partial charge in [-0.15, -0.1) is 0 Å². The maximum absolute atomic E-state index is 13.2. The van der Waals surface area contributed by atoms with Gasteiger partial charge in [0.1, 0.15) is 0 Å². The van der Waals surface area contributed by atoms with Gasteiger partial charge in [0.25, 0.3) is 0 Å². The van der Waals surface area contributed by atoms with E-state index in [2.05, 4.69) is 11.8 Å². The van der Waals surface area contributed by atoms with Gasteiger partial charge in [-0.2, -0.15) is 4.31 Å². The van der Waals surface area contributed by atoms with Crippen LogP contribution >= 0.6 is 11.6 Å². The quantitative estimate of drug-likeness (QED) is 0.762. The number of nitrogens with zero attached hydrogens (tertiary/aromatic N) is 2. The molecule has 0 unspecified atom stereocenters. The fourth-order valence-electron chi connectivity index (χ4n) is 5.37. The zero-order valence-electron chi connectivity index (χ0n) is 15.7. The average molecular weight is 411 g/mol. The molecule has 0 saturated carbocycles. The molecule has 4 rings (SSSR count). The summed E-state index contributed by atoms with van der Waals surface area (Å²) in [7, 11) is -3.57. The topological polar surface area (TPSA) is 57.7 Å². The van der Waals surface area contributed by atoms with Gasteiger partial charge < -0.3 is 4.90 Å². The minimum absolute atomic E-state index is 0.168. The molecule has 7 heteroatoms.